The number of hydrazine groups is 1. The Morgan fingerprint density at radius 1 is 1.53 bits per heavy atom. The number of nitrogens with one attached hydrogen (secondary N) is 1. The van der Waals surface area contributed by atoms with E-state index in [-0.39, 0.29) is 9.64 Å². The summed E-state index contributed by atoms with van der Waals surface area (Å²) in [6.45, 7) is 5.09. The van der Waals surface area contributed by atoms with Crippen LogP contribution in [-0.2, 0) is 10.0 Å². The van der Waals surface area contributed by atoms with Gasteiger partial charge < -0.3 is 5.43 Å². The van der Waals surface area contributed by atoms with Crippen LogP contribution in [-0.4, -0.2) is 41.3 Å². The lowest BCUT2D eigenvalue weighted by Gasteiger charge is -2.36. The fraction of sp³-hybridized carbons (Fsp3) is 0.545. The van der Waals surface area contributed by atoms with Crippen molar-refractivity contribution in [2.45, 2.75) is 23.5 Å². The highest BCUT2D eigenvalue weighted by Gasteiger charge is 2.35. The molecule has 1 saturated heterocycles. The summed E-state index contributed by atoms with van der Waals surface area (Å²) in [5.74, 6) is 6.15. The second kappa shape index (κ2) is 5.28. The lowest BCUT2D eigenvalue weighted by molar-refractivity contribution is 0.387. The van der Waals surface area contributed by atoms with Crippen molar-refractivity contribution >= 4 is 27.5 Å². The molecule has 0 radical (unpaired) electrons. The van der Waals surface area contributed by atoms with E-state index in [9.17, 15) is 8.42 Å². The minimum absolute atomic E-state index is 0.0795. The summed E-state index contributed by atoms with van der Waals surface area (Å²) in [7, 11) is -3.56. The molecule has 106 valence electrons. The summed E-state index contributed by atoms with van der Waals surface area (Å²) >= 11 is 1.78. The van der Waals surface area contributed by atoms with Gasteiger partial charge in [-0.3, -0.25) is 10.8 Å². The minimum Gasteiger partial charge on any atom is -0.323 e. The molecule has 19 heavy (non-hydrogen) atoms. The molecule has 0 bridgehead atoms. The molecule has 8 heteroatoms. The Labute approximate surface area is 117 Å². The van der Waals surface area contributed by atoms with Crippen molar-refractivity contribution < 1.29 is 8.42 Å². The first-order valence-corrected chi connectivity index (χ1v) is 8.34. The first-order chi connectivity index (χ1) is 8.87. The summed E-state index contributed by atoms with van der Waals surface area (Å²) < 4.78 is 26.7. The number of sulfonamides is 1. The summed E-state index contributed by atoms with van der Waals surface area (Å²) in [4.78, 5) is 4.01. The average molecular weight is 302 g/mol. The van der Waals surface area contributed by atoms with Gasteiger partial charge in [-0.1, -0.05) is 0 Å². The van der Waals surface area contributed by atoms with Crippen LogP contribution in [0, 0.1) is 0 Å². The third kappa shape index (κ3) is 3.02. The van der Waals surface area contributed by atoms with Crippen molar-refractivity contribution in [3.05, 3.63) is 18.5 Å². The summed E-state index contributed by atoms with van der Waals surface area (Å²) in [6, 6.07) is 1.55. The van der Waals surface area contributed by atoms with E-state index in [1.807, 2.05) is 13.8 Å². The number of nitrogens with two attached hydrogens (primary N) is 1. The van der Waals surface area contributed by atoms with Gasteiger partial charge in [0.05, 0.1) is 5.69 Å². The smallest absolute Gasteiger partial charge is 0.246 e. The highest BCUT2D eigenvalue weighted by Crippen LogP contribution is 2.33. The summed E-state index contributed by atoms with van der Waals surface area (Å²) in [6.07, 6.45) is 2.84. The van der Waals surface area contributed by atoms with Crippen molar-refractivity contribution in [2.24, 2.45) is 5.84 Å². The van der Waals surface area contributed by atoms with Gasteiger partial charge in [-0.15, -0.1) is 0 Å². The number of aromatic nitrogens is 1. The van der Waals surface area contributed by atoms with E-state index in [1.165, 1.54) is 16.7 Å². The highest BCUT2D eigenvalue weighted by molar-refractivity contribution is 8.00. The Morgan fingerprint density at radius 3 is 2.89 bits per heavy atom. The SMILES string of the molecule is CC1(C)CN(S(=O)(=O)c2cnccc2NN)CCS1. The molecule has 0 aromatic carbocycles. The fourth-order valence-corrected chi connectivity index (χ4v) is 5.03. The van der Waals surface area contributed by atoms with Crippen molar-refractivity contribution in [3.8, 4) is 0 Å². The molecule has 0 saturated carbocycles. The maximum atomic E-state index is 12.6. The molecule has 0 amide bonds. The number of nitrogen functional groups attached to an aromatic ring is 1. The highest BCUT2D eigenvalue weighted by atomic mass is 32.2. The Balaban J connectivity index is 2.37. The van der Waals surface area contributed by atoms with E-state index in [0.29, 0.717) is 18.8 Å². The van der Waals surface area contributed by atoms with Gasteiger partial charge in [-0.2, -0.15) is 16.1 Å². The molecule has 0 atom stereocenters. The van der Waals surface area contributed by atoms with Gasteiger partial charge in [0.25, 0.3) is 0 Å². The van der Waals surface area contributed by atoms with Gasteiger partial charge >= 0.3 is 0 Å². The topological polar surface area (TPSA) is 88.3 Å². The molecule has 2 rings (SSSR count). The van der Waals surface area contributed by atoms with Crippen LogP contribution in [0.25, 0.3) is 0 Å². The van der Waals surface area contributed by atoms with E-state index in [0.717, 1.165) is 5.75 Å². The number of rotatable bonds is 3. The third-order valence-electron chi connectivity index (χ3n) is 2.95. The molecule has 1 aromatic heterocycles. The zero-order valence-corrected chi connectivity index (χ0v) is 12.6. The van der Waals surface area contributed by atoms with Gasteiger partial charge in [-0.05, 0) is 19.9 Å². The molecular formula is C11H18N4O2S2. The Kier molecular flexibility index (Phi) is 4.05. The Morgan fingerprint density at radius 2 is 2.26 bits per heavy atom. The van der Waals surface area contributed by atoms with Crippen LogP contribution >= 0.6 is 11.8 Å². The first-order valence-electron chi connectivity index (χ1n) is 5.91. The number of hydrogen-bond donors (Lipinski definition) is 2. The van der Waals surface area contributed by atoms with E-state index >= 15 is 0 Å². The molecule has 0 spiro atoms. The van der Waals surface area contributed by atoms with Crippen LogP contribution in [0.15, 0.2) is 23.4 Å². The van der Waals surface area contributed by atoms with E-state index < -0.39 is 10.0 Å². The first kappa shape index (κ1) is 14.6. The van der Waals surface area contributed by atoms with Gasteiger partial charge in [0.15, 0.2) is 0 Å². The number of nitrogens with zero attached hydrogens (tertiary/aromatic N) is 2. The lowest BCUT2D eigenvalue weighted by Crippen LogP contribution is -2.46. The van der Waals surface area contributed by atoms with E-state index in [2.05, 4.69) is 10.4 Å². The number of anilines is 1. The molecule has 0 aliphatic carbocycles. The zero-order valence-electron chi connectivity index (χ0n) is 11.0. The zero-order chi connectivity index (χ0) is 14.1. The molecule has 6 nitrogen and oxygen atoms in total. The van der Waals surface area contributed by atoms with Gasteiger partial charge in [0.1, 0.15) is 4.90 Å². The van der Waals surface area contributed by atoms with Crippen molar-refractivity contribution in [1.82, 2.24) is 9.29 Å². The minimum atomic E-state index is -3.56. The normalized spacial score (nSPS) is 20.2. The number of pyridine rings is 1. The summed E-state index contributed by atoms with van der Waals surface area (Å²) in [5, 5.41) is 0. The van der Waals surface area contributed by atoms with Gasteiger partial charge in [0, 0.05) is 36.0 Å². The standard InChI is InChI=1S/C11H18N4O2S2/c1-11(2)8-15(5-6-18-11)19(16,17)10-7-13-4-3-9(10)14-12/h3-4,7H,5-6,8,12H2,1-2H3,(H,13,14). The molecule has 1 fully saturated rings. The van der Waals surface area contributed by atoms with Crippen molar-refractivity contribution in [1.29, 1.82) is 0 Å². The molecule has 1 aliphatic heterocycles. The monoisotopic (exact) mass is 302 g/mol. The molecule has 1 aromatic rings. The maximum absolute atomic E-state index is 12.6. The maximum Gasteiger partial charge on any atom is 0.246 e. The Hall–Kier alpha value is -0.830. The predicted octanol–water partition coefficient (Wildman–Crippen LogP) is 0.883. The molecule has 3 N–H and O–H groups in total. The van der Waals surface area contributed by atoms with Crippen LogP contribution in [0.4, 0.5) is 5.69 Å². The second-order valence-corrected chi connectivity index (χ2v) is 8.67. The Bertz CT molecular complexity index is 560. The van der Waals surface area contributed by atoms with Gasteiger partial charge in [-0.25, -0.2) is 8.42 Å². The van der Waals surface area contributed by atoms with Crippen LogP contribution < -0.4 is 11.3 Å². The lowest BCUT2D eigenvalue weighted by atomic mass is 10.2. The van der Waals surface area contributed by atoms with E-state index in [1.54, 1.807) is 17.8 Å². The number of hydrogen-bond acceptors (Lipinski definition) is 6. The predicted molar refractivity (Wildman–Crippen MR) is 77.3 cm³/mol. The average Bonchev–Trinajstić information content (AvgIpc) is 2.37. The quantitative estimate of drug-likeness (QED) is 0.636. The second-order valence-electron chi connectivity index (χ2n) is 4.96. The third-order valence-corrected chi connectivity index (χ3v) is 6.12. The van der Waals surface area contributed by atoms with Crippen LogP contribution in [0.5, 0.6) is 0 Å². The fourth-order valence-electron chi connectivity index (χ4n) is 2.02. The van der Waals surface area contributed by atoms with Crippen LogP contribution in [0.1, 0.15) is 13.8 Å². The molecule has 2 heterocycles. The molecule has 1 aliphatic rings. The number of thioether (sulfide) groups is 1. The summed E-state index contributed by atoms with van der Waals surface area (Å²) in [5.41, 5.74) is 2.78. The largest absolute Gasteiger partial charge is 0.323 e. The van der Waals surface area contributed by atoms with Gasteiger partial charge in [0.2, 0.25) is 10.0 Å². The van der Waals surface area contributed by atoms with Crippen LogP contribution in [0.3, 0.4) is 0 Å². The van der Waals surface area contributed by atoms with Crippen LogP contribution in [0.2, 0.25) is 0 Å². The van der Waals surface area contributed by atoms with Crippen molar-refractivity contribution in [2.75, 3.05) is 24.3 Å². The molecule has 0 unspecified atom stereocenters. The van der Waals surface area contributed by atoms with E-state index in [4.69, 9.17) is 5.84 Å². The molecular weight excluding hydrogens is 284 g/mol. The van der Waals surface area contributed by atoms with Crippen molar-refractivity contribution in [3.63, 3.8) is 0 Å².